The van der Waals surface area contributed by atoms with E-state index in [1.54, 1.807) is 13.8 Å². The van der Waals surface area contributed by atoms with Crippen LogP contribution in [0.25, 0.3) is 11.1 Å². The van der Waals surface area contributed by atoms with Crippen LogP contribution in [0, 0.1) is 20.8 Å². The minimum Gasteiger partial charge on any atom is -0.478 e. The minimum atomic E-state index is -0.717. The SMILES string of the molecule is Cc1ccccc1-c1c(C)cc(OCCC(C)(C)O)nc1C. The van der Waals surface area contributed by atoms with E-state index in [-0.39, 0.29) is 0 Å². The highest BCUT2D eigenvalue weighted by Gasteiger charge is 2.14. The largest absolute Gasteiger partial charge is 0.478 e. The summed E-state index contributed by atoms with van der Waals surface area (Å²) in [6.07, 6.45) is 0.576. The van der Waals surface area contributed by atoms with Crippen LogP contribution in [-0.4, -0.2) is 22.3 Å². The highest BCUT2D eigenvalue weighted by Crippen LogP contribution is 2.30. The van der Waals surface area contributed by atoms with E-state index in [0.717, 1.165) is 11.3 Å². The molecule has 0 saturated carbocycles. The lowest BCUT2D eigenvalue weighted by Gasteiger charge is -2.18. The number of aryl methyl sites for hydroxylation is 3. The maximum atomic E-state index is 9.73. The fourth-order valence-corrected chi connectivity index (χ4v) is 2.54. The third-order valence-electron chi connectivity index (χ3n) is 3.75. The molecule has 1 aromatic heterocycles. The quantitative estimate of drug-likeness (QED) is 0.899. The number of rotatable bonds is 5. The van der Waals surface area contributed by atoms with Gasteiger partial charge in [0.2, 0.25) is 5.88 Å². The summed E-state index contributed by atoms with van der Waals surface area (Å²) in [4.78, 5) is 4.57. The summed E-state index contributed by atoms with van der Waals surface area (Å²) < 4.78 is 5.69. The average Bonchev–Trinajstić information content (AvgIpc) is 2.38. The van der Waals surface area contributed by atoms with E-state index in [1.165, 1.54) is 16.7 Å². The van der Waals surface area contributed by atoms with Gasteiger partial charge in [0, 0.05) is 23.7 Å². The first-order valence-corrected chi connectivity index (χ1v) is 7.67. The van der Waals surface area contributed by atoms with Crippen molar-refractivity contribution in [2.45, 2.75) is 46.6 Å². The topological polar surface area (TPSA) is 42.4 Å². The second-order valence-electron chi connectivity index (χ2n) is 6.46. The van der Waals surface area contributed by atoms with E-state index in [9.17, 15) is 5.11 Å². The molecule has 1 N–H and O–H groups in total. The molecule has 0 saturated heterocycles. The monoisotopic (exact) mass is 299 g/mol. The summed E-state index contributed by atoms with van der Waals surface area (Å²) in [7, 11) is 0. The Kier molecular flexibility index (Phi) is 4.87. The van der Waals surface area contributed by atoms with Crippen molar-refractivity contribution in [2.75, 3.05) is 6.61 Å². The van der Waals surface area contributed by atoms with Gasteiger partial charge in [-0.3, -0.25) is 0 Å². The molecule has 2 rings (SSSR count). The number of aliphatic hydroxyl groups is 1. The number of hydrogen-bond donors (Lipinski definition) is 1. The number of hydrogen-bond acceptors (Lipinski definition) is 3. The zero-order chi connectivity index (χ0) is 16.3. The van der Waals surface area contributed by atoms with Gasteiger partial charge in [-0.1, -0.05) is 24.3 Å². The van der Waals surface area contributed by atoms with Crippen molar-refractivity contribution in [3.8, 4) is 17.0 Å². The van der Waals surface area contributed by atoms with Gasteiger partial charge in [-0.2, -0.15) is 0 Å². The van der Waals surface area contributed by atoms with E-state index in [0.29, 0.717) is 18.9 Å². The summed E-state index contributed by atoms with van der Waals surface area (Å²) in [5.74, 6) is 0.622. The van der Waals surface area contributed by atoms with Gasteiger partial charge in [0.25, 0.3) is 0 Å². The lowest BCUT2D eigenvalue weighted by Crippen LogP contribution is -2.22. The predicted octanol–water partition coefficient (Wildman–Crippen LogP) is 4.21. The molecule has 0 aliphatic heterocycles. The Balaban J connectivity index is 2.24. The van der Waals surface area contributed by atoms with Crippen LogP contribution in [0.3, 0.4) is 0 Å². The average molecular weight is 299 g/mol. The lowest BCUT2D eigenvalue weighted by molar-refractivity contribution is 0.0547. The van der Waals surface area contributed by atoms with Crippen molar-refractivity contribution in [3.05, 3.63) is 47.2 Å². The van der Waals surface area contributed by atoms with Crippen LogP contribution in [-0.2, 0) is 0 Å². The summed E-state index contributed by atoms with van der Waals surface area (Å²) in [6, 6.07) is 10.3. The first-order valence-electron chi connectivity index (χ1n) is 7.67. The van der Waals surface area contributed by atoms with Crippen LogP contribution in [0.5, 0.6) is 5.88 Å². The molecule has 3 heteroatoms. The van der Waals surface area contributed by atoms with Crippen molar-refractivity contribution in [1.29, 1.82) is 0 Å². The van der Waals surface area contributed by atoms with E-state index >= 15 is 0 Å². The predicted molar refractivity (Wildman–Crippen MR) is 90.3 cm³/mol. The van der Waals surface area contributed by atoms with Gasteiger partial charge in [-0.25, -0.2) is 4.98 Å². The molecule has 0 fully saturated rings. The highest BCUT2D eigenvalue weighted by molar-refractivity contribution is 5.72. The standard InChI is InChI=1S/C19H25NO2/c1-13-8-6-7-9-16(13)18-14(2)12-17(20-15(18)3)22-11-10-19(4,5)21/h6-9,12,21H,10-11H2,1-5H3. The molecule has 0 aliphatic rings. The number of nitrogens with zero attached hydrogens (tertiary/aromatic N) is 1. The fraction of sp³-hybridized carbons (Fsp3) is 0.421. The third-order valence-corrected chi connectivity index (χ3v) is 3.75. The van der Waals surface area contributed by atoms with Crippen molar-refractivity contribution >= 4 is 0 Å². The third kappa shape index (κ3) is 4.08. The second kappa shape index (κ2) is 6.49. The molecular formula is C19H25NO2. The Hall–Kier alpha value is -1.87. The van der Waals surface area contributed by atoms with Crippen LogP contribution in [0.1, 0.15) is 37.1 Å². The first-order chi connectivity index (χ1) is 10.3. The van der Waals surface area contributed by atoms with Crippen LogP contribution in [0.2, 0.25) is 0 Å². The highest BCUT2D eigenvalue weighted by atomic mass is 16.5. The van der Waals surface area contributed by atoms with Crippen LogP contribution < -0.4 is 4.74 Å². The first kappa shape index (κ1) is 16.5. The molecule has 0 radical (unpaired) electrons. The van der Waals surface area contributed by atoms with E-state index in [2.05, 4.69) is 37.0 Å². The van der Waals surface area contributed by atoms with E-state index < -0.39 is 5.60 Å². The number of ether oxygens (including phenoxy) is 1. The summed E-state index contributed by atoms with van der Waals surface area (Å²) in [5.41, 5.74) is 5.03. The molecule has 22 heavy (non-hydrogen) atoms. The molecule has 0 amide bonds. The van der Waals surface area contributed by atoms with Crippen LogP contribution in [0.15, 0.2) is 30.3 Å². The number of pyridine rings is 1. The molecule has 0 atom stereocenters. The molecule has 0 unspecified atom stereocenters. The van der Waals surface area contributed by atoms with Gasteiger partial charge < -0.3 is 9.84 Å². The van der Waals surface area contributed by atoms with Gasteiger partial charge in [0.05, 0.1) is 12.2 Å². The van der Waals surface area contributed by atoms with Crippen LogP contribution >= 0.6 is 0 Å². The van der Waals surface area contributed by atoms with Gasteiger partial charge in [-0.05, 0) is 51.3 Å². The molecule has 0 bridgehead atoms. The zero-order valence-electron chi connectivity index (χ0n) is 14.1. The number of aromatic nitrogens is 1. The lowest BCUT2D eigenvalue weighted by atomic mass is 9.96. The molecule has 0 spiro atoms. The molecular weight excluding hydrogens is 274 g/mol. The van der Waals surface area contributed by atoms with E-state index in [1.807, 2.05) is 19.1 Å². The Morgan fingerprint density at radius 2 is 1.77 bits per heavy atom. The Labute approximate surface area is 133 Å². The van der Waals surface area contributed by atoms with Crippen molar-refractivity contribution in [3.63, 3.8) is 0 Å². The summed E-state index contributed by atoms with van der Waals surface area (Å²) in [6.45, 7) is 10.2. The number of benzene rings is 1. The van der Waals surface area contributed by atoms with Gasteiger partial charge in [-0.15, -0.1) is 0 Å². The molecule has 3 nitrogen and oxygen atoms in total. The van der Waals surface area contributed by atoms with E-state index in [4.69, 9.17) is 4.74 Å². The minimum absolute atomic E-state index is 0.457. The molecule has 0 aliphatic carbocycles. The summed E-state index contributed by atoms with van der Waals surface area (Å²) in [5, 5.41) is 9.73. The van der Waals surface area contributed by atoms with Gasteiger partial charge in [0.15, 0.2) is 0 Å². The Bertz CT molecular complexity index is 634. The molecule has 1 heterocycles. The van der Waals surface area contributed by atoms with Crippen LogP contribution in [0.4, 0.5) is 0 Å². The molecule has 1 aromatic carbocycles. The summed E-state index contributed by atoms with van der Waals surface area (Å²) >= 11 is 0. The Morgan fingerprint density at radius 1 is 1.09 bits per heavy atom. The second-order valence-corrected chi connectivity index (χ2v) is 6.46. The zero-order valence-corrected chi connectivity index (χ0v) is 14.1. The van der Waals surface area contributed by atoms with Gasteiger partial charge in [0.1, 0.15) is 0 Å². The maximum absolute atomic E-state index is 9.73. The maximum Gasteiger partial charge on any atom is 0.213 e. The Morgan fingerprint density at radius 3 is 2.36 bits per heavy atom. The normalized spacial score (nSPS) is 11.5. The molecule has 118 valence electrons. The fourth-order valence-electron chi connectivity index (χ4n) is 2.54. The van der Waals surface area contributed by atoms with Crippen molar-refractivity contribution in [2.24, 2.45) is 0 Å². The van der Waals surface area contributed by atoms with Crippen molar-refractivity contribution < 1.29 is 9.84 Å². The molecule has 2 aromatic rings. The van der Waals surface area contributed by atoms with Crippen molar-refractivity contribution in [1.82, 2.24) is 4.98 Å². The smallest absolute Gasteiger partial charge is 0.213 e. The van der Waals surface area contributed by atoms with Gasteiger partial charge >= 0.3 is 0 Å².